The van der Waals surface area contributed by atoms with Gasteiger partial charge in [-0.05, 0) is 30.9 Å². The van der Waals surface area contributed by atoms with Gasteiger partial charge in [-0.15, -0.1) is 0 Å². The van der Waals surface area contributed by atoms with Gasteiger partial charge in [0.05, 0.1) is 6.33 Å². The van der Waals surface area contributed by atoms with Crippen molar-refractivity contribution in [2.45, 2.75) is 45.2 Å². The molecule has 2 heterocycles. The highest BCUT2D eigenvalue weighted by atomic mass is 16.3. The molecule has 1 N–H and O–H groups in total. The molecule has 2 atom stereocenters. The van der Waals surface area contributed by atoms with E-state index in [1.807, 2.05) is 18.2 Å². The minimum absolute atomic E-state index is 0.0396. The Hall–Kier alpha value is -2.63. The van der Waals surface area contributed by atoms with Crippen molar-refractivity contribution in [3.63, 3.8) is 0 Å². The van der Waals surface area contributed by atoms with Crippen LogP contribution in [0.15, 0.2) is 39.8 Å². The molecule has 0 radical (unpaired) electrons. The fourth-order valence-electron chi connectivity index (χ4n) is 3.67. The molecule has 1 amide bonds. The first-order chi connectivity index (χ1) is 12.1. The molecule has 1 aliphatic rings. The Morgan fingerprint density at radius 1 is 1.32 bits per heavy atom. The van der Waals surface area contributed by atoms with Crippen molar-refractivity contribution in [1.29, 1.82) is 0 Å². The average molecular weight is 339 g/mol. The summed E-state index contributed by atoms with van der Waals surface area (Å²) >= 11 is 0. The maximum Gasteiger partial charge on any atom is 0.297 e. The predicted octanol–water partition coefficient (Wildman–Crippen LogP) is 2.84. The SMILES string of the molecule is C[C@@H]1CCCC[C@H]1NC(=O)Cn1cnc2c(oc3ccccc32)c1=O. The number of hydrogen-bond donors (Lipinski definition) is 1. The number of benzene rings is 1. The summed E-state index contributed by atoms with van der Waals surface area (Å²) in [6, 6.07) is 7.60. The molecule has 2 aromatic heterocycles. The highest BCUT2D eigenvalue weighted by Crippen LogP contribution is 2.25. The van der Waals surface area contributed by atoms with Gasteiger partial charge in [-0.1, -0.05) is 31.9 Å². The minimum atomic E-state index is -0.326. The first-order valence-electron chi connectivity index (χ1n) is 8.79. The van der Waals surface area contributed by atoms with Crippen LogP contribution in [-0.2, 0) is 11.3 Å². The van der Waals surface area contributed by atoms with Crippen LogP contribution in [0.3, 0.4) is 0 Å². The van der Waals surface area contributed by atoms with Crippen molar-refractivity contribution in [2.75, 3.05) is 0 Å². The molecular formula is C19H21N3O3. The van der Waals surface area contributed by atoms with E-state index in [9.17, 15) is 9.59 Å². The van der Waals surface area contributed by atoms with E-state index in [1.165, 1.54) is 17.3 Å². The molecule has 1 saturated carbocycles. The first kappa shape index (κ1) is 15.9. The quantitative estimate of drug-likeness (QED) is 0.796. The zero-order valence-corrected chi connectivity index (χ0v) is 14.2. The third-order valence-corrected chi connectivity index (χ3v) is 5.12. The maximum absolute atomic E-state index is 12.6. The second-order valence-corrected chi connectivity index (χ2v) is 6.89. The van der Waals surface area contributed by atoms with Crippen LogP contribution in [0.2, 0.25) is 0 Å². The molecular weight excluding hydrogens is 318 g/mol. The van der Waals surface area contributed by atoms with Crippen molar-refractivity contribution >= 4 is 28.0 Å². The minimum Gasteiger partial charge on any atom is -0.448 e. The van der Waals surface area contributed by atoms with E-state index in [2.05, 4.69) is 17.2 Å². The van der Waals surface area contributed by atoms with E-state index in [0.29, 0.717) is 17.0 Å². The van der Waals surface area contributed by atoms with Crippen molar-refractivity contribution in [3.05, 3.63) is 40.9 Å². The summed E-state index contributed by atoms with van der Waals surface area (Å²) in [5, 5.41) is 3.87. The van der Waals surface area contributed by atoms with Crippen LogP contribution < -0.4 is 10.9 Å². The average Bonchev–Trinajstić information content (AvgIpc) is 2.99. The molecule has 130 valence electrons. The zero-order valence-electron chi connectivity index (χ0n) is 14.2. The Kier molecular flexibility index (Phi) is 4.03. The van der Waals surface area contributed by atoms with E-state index in [4.69, 9.17) is 4.42 Å². The lowest BCUT2D eigenvalue weighted by Crippen LogP contribution is -2.43. The Bertz CT molecular complexity index is 988. The van der Waals surface area contributed by atoms with Gasteiger partial charge in [-0.3, -0.25) is 14.2 Å². The highest BCUT2D eigenvalue weighted by Gasteiger charge is 2.23. The van der Waals surface area contributed by atoms with E-state index >= 15 is 0 Å². The third kappa shape index (κ3) is 2.92. The molecule has 6 nitrogen and oxygen atoms in total. The number of fused-ring (bicyclic) bond motifs is 3. The highest BCUT2D eigenvalue weighted by molar-refractivity contribution is 6.01. The number of amides is 1. The fourth-order valence-corrected chi connectivity index (χ4v) is 3.67. The van der Waals surface area contributed by atoms with Gasteiger partial charge in [0.25, 0.3) is 5.56 Å². The van der Waals surface area contributed by atoms with Crippen LogP contribution in [0, 0.1) is 5.92 Å². The van der Waals surface area contributed by atoms with Gasteiger partial charge in [0, 0.05) is 11.4 Å². The molecule has 6 heteroatoms. The van der Waals surface area contributed by atoms with Crippen LogP contribution >= 0.6 is 0 Å². The third-order valence-electron chi connectivity index (χ3n) is 5.12. The van der Waals surface area contributed by atoms with Crippen LogP contribution in [0.4, 0.5) is 0 Å². The van der Waals surface area contributed by atoms with Gasteiger partial charge in [0.1, 0.15) is 17.6 Å². The molecule has 0 unspecified atom stereocenters. The summed E-state index contributed by atoms with van der Waals surface area (Å²) in [6.07, 6.45) is 5.93. The molecule has 1 fully saturated rings. The second kappa shape index (κ2) is 6.35. The number of aromatic nitrogens is 2. The molecule has 0 spiro atoms. The smallest absolute Gasteiger partial charge is 0.297 e. The van der Waals surface area contributed by atoms with Crippen LogP contribution in [0.5, 0.6) is 0 Å². The molecule has 3 aromatic rings. The number of rotatable bonds is 3. The fraction of sp³-hybridized carbons (Fsp3) is 0.421. The lowest BCUT2D eigenvalue weighted by molar-refractivity contribution is -0.123. The molecule has 0 saturated heterocycles. The molecule has 25 heavy (non-hydrogen) atoms. The lowest BCUT2D eigenvalue weighted by atomic mass is 9.86. The van der Waals surface area contributed by atoms with E-state index < -0.39 is 0 Å². The number of carbonyl (C=O) groups is 1. The second-order valence-electron chi connectivity index (χ2n) is 6.89. The number of carbonyl (C=O) groups excluding carboxylic acids is 1. The van der Waals surface area contributed by atoms with Crippen LogP contribution in [-0.4, -0.2) is 21.5 Å². The van der Waals surface area contributed by atoms with E-state index in [0.717, 1.165) is 24.6 Å². The Balaban J connectivity index is 1.59. The Morgan fingerprint density at radius 2 is 2.12 bits per heavy atom. The molecule has 0 aliphatic heterocycles. The topological polar surface area (TPSA) is 77.1 Å². The summed E-state index contributed by atoms with van der Waals surface area (Å²) in [5.74, 6) is 0.323. The van der Waals surface area contributed by atoms with Gasteiger partial charge < -0.3 is 9.73 Å². The number of nitrogens with zero attached hydrogens (tertiary/aromatic N) is 2. The van der Waals surface area contributed by atoms with Gasteiger partial charge >= 0.3 is 0 Å². The van der Waals surface area contributed by atoms with Gasteiger partial charge in [-0.25, -0.2) is 4.98 Å². The van der Waals surface area contributed by atoms with E-state index in [-0.39, 0.29) is 29.6 Å². The number of nitrogens with one attached hydrogen (secondary N) is 1. The number of hydrogen-bond acceptors (Lipinski definition) is 4. The Morgan fingerprint density at radius 3 is 2.96 bits per heavy atom. The molecule has 1 aliphatic carbocycles. The van der Waals surface area contributed by atoms with Gasteiger partial charge in [0.2, 0.25) is 11.5 Å². The van der Waals surface area contributed by atoms with Crippen LogP contribution in [0.1, 0.15) is 32.6 Å². The first-order valence-corrected chi connectivity index (χ1v) is 8.79. The summed E-state index contributed by atoms with van der Waals surface area (Å²) in [6.45, 7) is 2.13. The summed E-state index contributed by atoms with van der Waals surface area (Å²) in [5.41, 5.74) is 1.04. The van der Waals surface area contributed by atoms with Gasteiger partial charge in [0.15, 0.2) is 0 Å². The van der Waals surface area contributed by atoms with Crippen molar-refractivity contribution in [2.24, 2.45) is 5.92 Å². The zero-order chi connectivity index (χ0) is 17.4. The summed E-state index contributed by atoms with van der Waals surface area (Å²) in [4.78, 5) is 29.3. The summed E-state index contributed by atoms with van der Waals surface area (Å²) < 4.78 is 6.96. The van der Waals surface area contributed by atoms with Crippen molar-refractivity contribution < 1.29 is 9.21 Å². The van der Waals surface area contributed by atoms with Crippen molar-refractivity contribution in [1.82, 2.24) is 14.9 Å². The molecule has 4 rings (SSSR count). The number of para-hydroxylation sites is 1. The normalized spacial score (nSPS) is 20.8. The maximum atomic E-state index is 12.6. The largest absolute Gasteiger partial charge is 0.448 e. The van der Waals surface area contributed by atoms with E-state index in [1.54, 1.807) is 6.07 Å². The Labute approximate surface area is 144 Å². The number of furan rings is 1. The standard InChI is InChI=1S/C19H21N3O3/c1-12-6-2-4-8-14(12)21-16(23)10-22-11-20-17-13-7-3-5-9-15(13)25-18(17)19(22)24/h3,5,7,9,11-12,14H,2,4,6,8,10H2,1H3,(H,21,23)/t12-,14-/m1/s1. The van der Waals surface area contributed by atoms with Crippen molar-refractivity contribution in [3.8, 4) is 0 Å². The predicted molar refractivity (Wildman–Crippen MR) is 95.3 cm³/mol. The van der Waals surface area contributed by atoms with Crippen LogP contribution in [0.25, 0.3) is 22.1 Å². The van der Waals surface area contributed by atoms with Gasteiger partial charge in [-0.2, -0.15) is 0 Å². The molecule has 1 aromatic carbocycles. The molecule has 0 bridgehead atoms. The lowest BCUT2D eigenvalue weighted by Gasteiger charge is -2.29. The monoisotopic (exact) mass is 339 g/mol. The summed E-state index contributed by atoms with van der Waals surface area (Å²) in [7, 11) is 0.